The van der Waals surface area contributed by atoms with Crippen LogP contribution in [-0.2, 0) is 0 Å². The van der Waals surface area contributed by atoms with Crippen molar-refractivity contribution in [2.75, 3.05) is 32.0 Å². The largest absolute Gasteiger partial charge is 0.494 e. The van der Waals surface area contributed by atoms with Gasteiger partial charge in [-0.05, 0) is 74.9 Å². The zero-order chi connectivity index (χ0) is 14.5. The van der Waals surface area contributed by atoms with Gasteiger partial charge >= 0.3 is 0 Å². The molecule has 1 saturated carbocycles. The number of ether oxygens (including phenoxy) is 1. The standard InChI is InChI=1S/C18H28N2O/c19-16-4-6-17(7-5-16)21-15-3-12-20-13-10-18(11-14-20)8-1-2-9-18/h4-7H,1-3,8-15,19H2. The Morgan fingerprint density at radius 1 is 1.00 bits per heavy atom. The number of nitrogens with two attached hydrogens (primary N) is 1. The molecule has 1 aliphatic heterocycles. The SMILES string of the molecule is Nc1ccc(OCCCN2CCC3(CCCC3)CC2)cc1. The van der Waals surface area contributed by atoms with Crippen LogP contribution < -0.4 is 10.5 Å². The van der Waals surface area contributed by atoms with E-state index in [9.17, 15) is 0 Å². The minimum Gasteiger partial charge on any atom is -0.494 e. The van der Waals surface area contributed by atoms with Crippen LogP contribution in [0.15, 0.2) is 24.3 Å². The highest BCUT2D eigenvalue weighted by Crippen LogP contribution is 2.46. The first-order valence-electron chi connectivity index (χ1n) is 8.47. The van der Waals surface area contributed by atoms with E-state index in [2.05, 4.69) is 4.90 Å². The molecule has 1 saturated heterocycles. The van der Waals surface area contributed by atoms with Crippen molar-refractivity contribution in [3.8, 4) is 5.75 Å². The number of benzene rings is 1. The summed E-state index contributed by atoms with van der Waals surface area (Å²) in [5.74, 6) is 0.924. The van der Waals surface area contributed by atoms with Gasteiger partial charge in [0, 0.05) is 12.2 Å². The molecule has 1 spiro atoms. The molecular weight excluding hydrogens is 260 g/mol. The first kappa shape index (κ1) is 14.7. The molecule has 0 radical (unpaired) electrons. The highest BCUT2D eigenvalue weighted by molar-refractivity contribution is 5.41. The second kappa shape index (κ2) is 6.69. The molecule has 2 N–H and O–H groups in total. The van der Waals surface area contributed by atoms with Crippen LogP contribution in [0.2, 0.25) is 0 Å². The molecule has 1 aromatic rings. The van der Waals surface area contributed by atoms with Gasteiger partial charge in [0.2, 0.25) is 0 Å². The van der Waals surface area contributed by atoms with Crippen molar-refractivity contribution >= 4 is 5.69 Å². The Balaban J connectivity index is 1.32. The van der Waals surface area contributed by atoms with Crippen molar-refractivity contribution in [3.63, 3.8) is 0 Å². The number of piperidine rings is 1. The number of anilines is 1. The van der Waals surface area contributed by atoms with Gasteiger partial charge in [0.1, 0.15) is 5.75 Å². The molecule has 1 heterocycles. The van der Waals surface area contributed by atoms with Crippen molar-refractivity contribution < 1.29 is 4.74 Å². The van der Waals surface area contributed by atoms with Gasteiger partial charge in [-0.3, -0.25) is 0 Å². The van der Waals surface area contributed by atoms with E-state index in [0.717, 1.165) is 29.9 Å². The Labute approximate surface area is 128 Å². The average molecular weight is 288 g/mol. The molecule has 3 nitrogen and oxygen atoms in total. The highest BCUT2D eigenvalue weighted by Gasteiger charge is 2.36. The Morgan fingerprint density at radius 3 is 2.33 bits per heavy atom. The summed E-state index contributed by atoms with van der Waals surface area (Å²) >= 11 is 0. The fourth-order valence-electron chi connectivity index (χ4n) is 3.92. The van der Waals surface area contributed by atoms with Gasteiger partial charge in [0.25, 0.3) is 0 Å². The van der Waals surface area contributed by atoms with E-state index >= 15 is 0 Å². The van der Waals surface area contributed by atoms with Gasteiger partial charge in [-0.25, -0.2) is 0 Å². The minimum atomic E-state index is 0.733. The van der Waals surface area contributed by atoms with E-state index in [1.54, 1.807) is 0 Å². The van der Waals surface area contributed by atoms with Crippen LogP contribution >= 0.6 is 0 Å². The number of rotatable bonds is 5. The monoisotopic (exact) mass is 288 g/mol. The maximum absolute atomic E-state index is 5.76. The molecule has 21 heavy (non-hydrogen) atoms. The van der Waals surface area contributed by atoms with Crippen molar-refractivity contribution in [1.29, 1.82) is 0 Å². The van der Waals surface area contributed by atoms with Crippen LogP contribution in [-0.4, -0.2) is 31.1 Å². The molecule has 0 bridgehead atoms. The highest BCUT2D eigenvalue weighted by atomic mass is 16.5. The van der Waals surface area contributed by atoms with Crippen LogP contribution in [0.1, 0.15) is 44.9 Å². The van der Waals surface area contributed by atoms with Crippen molar-refractivity contribution in [2.45, 2.75) is 44.9 Å². The van der Waals surface area contributed by atoms with Crippen LogP contribution in [0.5, 0.6) is 5.75 Å². The summed E-state index contributed by atoms with van der Waals surface area (Å²) in [6.45, 7) is 4.56. The predicted molar refractivity (Wildman–Crippen MR) is 87.5 cm³/mol. The third-order valence-corrected chi connectivity index (χ3v) is 5.35. The number of hydrogen-bond donors (Lipinski definition) is 1. The van der Waals surface area contributed by atoms with Gasteiger partial charge in [0.15, 0.2) is 0 Å². The van der Waals surface area contributed by atoms with Crippen LogP contribution in [0.3, 0.4) is 0 Å². The third kappa shape index (κ3) is 3.91. The molecule has 0 amide bonds. The van der Waals surface area contributed by atoms with Crippen molar-refractivity contribution in [2.24, 2.45) is 5.41 Å². The summed E-state index contributed by atoms with van der Waals surface area (Å²) in [7, 11) is 0. The van der Waals surface area contributed by atoms with E-state index in [1.807, 2.05) is 24.3 Å². The predicted octanol–water partition coefficient (Wildman–Crippen LogP) is 3.69. The first-order chi connectivity index (χ1) is 10.3. The van der Waals surface area contributed by atoms with Gasteiger partial charge < -0.3 is 15.4 Å². The van der Waals surface area contributed by atoms with Gasteiger partial charge in [0.05, 0.1) is 6.61 Å². The smallest absolute Gasteiger partial charge is 0.119 e. The maximum Gasteiger partial charge on any atom is 0.119 e. The Kier molecular flexibility index (Phi) is 4.69. The topological polar surface area (TPSA) is 38.5 Å². The van der Waals surface area contributed by atoms with Crippen molar-refractivity contribution in [1.82, 2.24) is 4.90 Å². The van der Waals surface area contributed by atoms with E-state index in [1.165, 1.54) is 58.2 Å². The molecule has 3 rings (SSSR count). The zero-order valence-corrected chi connectivity index (χ0v) is 13.0. The summed E-state index contributed by atoms with van der Waals surface area (Å²) in [5.41, 5.74) is 7.19. The number of nitrogens with zero attached hydrogens (tertiary/aromatic N) is 1. The fraction of sp³-hybridized carbons (Fsp3) is 0.667. The van der Waals surface area contributed by atoms with E-state index in [-0.39, 0.29) is 0 Å². The normalized spacial score (nSPS) is 21.7. The van der Waals surface area contributed by atoms with E-state index in [0.29, 0.717) is 0 Å². The summed E-state index contributed by atoms with van der Waals surface area (Å²) in [5, 5.41) is 0. The lowest BCUT2D eigenvalue weighted by atomic mass is 9.77. The molecule has 0 atom stereocenters. The fourth-order valence-corrected chi connectivity index (χ4v) is 3.92. The summed E-state index contributed by atoms with van der Waals surface area (Å²) in [6.07, 6.45) is 9.86. The second-order valence-corrected chi connectivity index (χ2v) is 6.82. The Bertz CT molecular complexity index is 427. The zero-order valence-electron chi connectivity index (χ0n) is 13.0. The Morgan fingerprint density at radius 2 is 1.67 bits per heavy atom. The lowest BCUT2D eigenvalue weighted by molar-refractivity contribution is 0.104. The number of nitrogen functional groups attached to an aromatic ring is 1. The van der Waals surface area contributed by atoms with E-state index in [4.69, 9.17) is 10.5 Å². The number of hydrogen-bond acceptors (Lipinski definition) is 3. The van der Waals surface area contributed by atoms with Crippen LogP contribution in [0.4, 0.5) is 5.69 Å². The van der Waals surface area contributed by atoms with Gasteiger partial charge in [-0.2, -0.15) is 0 Å². The first-order valence-corrected chi connectivity index (χ1v) is 8.47. The summed E-state index contributed by atoms with van der Waals surface area (Å²) < 4.78 is 5.76. The quantitative estimate of drug-likeness (QED) is 0.663. The minimum absolute atomic E-state index is 0.733. The molecule has 3 heteroatoms. The summed E-state index contributed by atoms with van der Waals surface area (Å²) in [6, 6.07) is 7.67. The molecule has 2 fully saturated rings. The molecule has 2 aliphatic rings. The molecule has 0 unspecified atom stereocenters. The van der Waals surface area contributed by atoms with Gasteiger partial charge in [-0.1, -0.05) is 12.8 Å². The molecule has 0 aromatic heterocycles. The Hall–Kier alpha value is -1.22. The maximum atomic E-state index is 5.76. The molecular formula is C18H28N2O. The number of likely N-dealkylation sites (tertiary alicyclic amines) is 1. The molecule has 116 valence electrons. The van der Waals surface area contributed by atoms with E-state index < -0.39 is 0 Å². The average Bonchev–Trinajstić information content (AvgIpc) is 2.96. The van der Waals surface area contributed by atoms with Crippen molar-refractivity contribution in [3.05, 3.63) is 24.3 Å². The van der Waals surface area contributed by atoms with Gasteiger partial charge in [-0.15, -0.1) is 0 Å². The molecule has 1 aliphatic carbocycles. The molecule has 1 aromatic carbocycles. The summed E-state index contributed by atoms with van der Waals surface area (Å²) in [4.78, 5) is 2.62. The second-order valence-electron chi connectivity index (χ2n) is 6.82. The van der Waals surface area contributed by atoms with Crippen LogP contribution in [0.25, 0.3) is 0 Å². The third-order valence-electron chi connectivity index (χ3n) is 5.35. The van der Waals surface area contributed by atoms with Crippen LogP contribution in [0, 0.1) is 5.41 Å². The lowest BCUT2D eigenvalue weighted by Crippen LogP contribution is -2.39. The lowest BCUT2D eigenvalue weighted by Gasteiger charge is -2.39.